The number of rotatable bonds is 5. The summed E-state index contributed by atoms with van der Waals surface area (Å²) < 4.78 is 56.3. The van der Waals surface area contributed by atoms with Crippen molar-refractivity contribution in [2.75, 3.05) is 18.6 Å². The number of methoxy groups -OCH3 is 1. The van der Waals surface area contributed by atoms with E-state index in [9.17, 15) is 16.8 Å². The van der Waals surface area contributed by atoms with Crippen molar-refractivity contribution in [3.63, 3.8) is 0 Å². The number of ether oxygens (including phenoxy) is 1. The van der Waals surface area contributed by atoms with E-state index in [-0.39, 0.29) is 22.4 Å². The summed E-state index contributed by atoms with van der Waals surface area (Å²) in [5.74, 6) is 0.596. The molecule has 1 aliphatic heterocycles. The van der Waals surface area contributed by atoms with Crippen LogP contribution in [-0.2, 0) is 19.9 Å². The molecular formula is C15H21NO5S2. The zero-order valence-corrected chi connectivity index (χ0v) is 14.9. The summed E-state index contributed by atoms with van der Waals surface area (Å²) in [7, 11) is -5.32. The van der Waals surface area contributed by atoms with Crippen LogP contribution in [0.2, 0.25) is 0 Å². The standard InChI is InChI=1S/C15H21NO5S2/c1-11-9-14(21-2)5-6-15(11)23(19,20)16(12-3-4-12)13-7-8-22(17,18)10-13/h5-6,9,12-13H,3-4,7-8,10H2,1-2H3/t13-/m0/s1. The molecule has 0 spiro atoms. The van der Waals surface area contributed by atoms with Gasteiger partial charge in [-0.05, 0) is 49.9 Å². The molecule has 1 saturated carbocycles. The largest absolute Gasteiger partial charge is 0.497 e. The van der Waals surface area contributed by atoms with E-state index in [0.29, 0.717) is 17.7 Å². The van der Waals surface area contributed by atoms with Gasteiger partial charge >= 0.3 is 0 Å². The molecule has 128 valence electrons. The van der Waals surface area contributed by atoms with Gasteiger partial charge in [0.1, 0.15) is 5.75 Å². The second-order valence-corrected chi connectivity index (χ2v) is 10.3. The molecule has 1 aromatic carbocycles. The number of hydrogen-bond acceptors (Lipinski definition) is 5. The van der Waals surface area contributed by atoms with Gasteiger partial charge in [0.15, 0.2) is 9.84 Å². The average Bonchev–Trinajstić information content (AvgIpc) is 3.22. The number of sulfone groups is 1. The van der Waals surface area contributed by atoms with Crippen LogP contribution in [0.3, 0.4) is 0 Å². The van der Waals surface area contributed by atoms with Gasteiger partial charge in [0.2, 0.25) is 10.0 Å². The van der Waals surface area contributed by atoms with Gasteiger partial charge in [-0.15, -0.1) is 0 Å². The first kappa shape index (κ1) is 16.7. The van der Waals surface area contributed by atoms with Gasteiger partial charge < -0.3 is 4.74 Å². The van der Waals surface area contributed by atoms with E-state index in [4.69, 9.17) is 4.74 Å². The Balaban J connectivity index is 1.99. The maximum atomic E-state index is 13.1. The molecule has 2 fully saturated rings. The molecule has 0 radical (unpaired) electrons. The lowest BCUT2D eigenvalue weighted by Crippen LogP contribution is -2.42. The molecule has 1 saturated heterocycles. The third kappa shape index (κ3) is 3.25. The zero-order valence-electron chi connectivity index (χ0n) is 13.2. The molecule has 0 aromatic heterocycles. The normalized spacial score (nSPS) is 24.0. The van der Waals surface area contributed by atoms with Gasteiger partial charge in [0, 0.05) is 12.1 Å². The first-order valence-corrected chi connectivity index (χ1v) is 10.9. The smallest absolute Gasteiger partial charge is 0.243 e. The molecule has 1 aromatic rings. The molecule has 1 atom stereocenters. The summed E-state index contributed by atoms with van der Waals surface area (Å²) >= 11 is 0. The van der Waals surface area contributed by atoms with Gasteiger partial charge in [0.25, 0.3) is 0 Å². The van der Waals surface area contributed by atoms with Crippen LogP contribution in [0.1, 0.15) is 24.8 Å². The lowest BCUT2D eigenvalue weighted by molar-refractivity contribution is 0.332. The summed E-state index contributed by atoms with van der Waals surface area (Å²) in [6.45, 7) is 1.73. The number of hydrogen-bond donors (Lipinski definition) is 0. The Kier molecular flexibility index (Phi) is 4.18. The van der Waals surface area contributed by atoms with E-state index in [2.05, 4.69) is 0 Å². The maximum absolute atomic E-state index is 13.1. The van der Waals surface area contributed by atoms with Crippen molar-refractivity contribution in [1.82, 2.24) is 4.31 Å². The first-order valence-electron chi connectivity index (χ1n) is 7.63. The number of nitrogens with zero attached hydrogens (tertiary/aromatic N) is 1. The van der Waals surface area contributed by atoms with Crippen molar-refractivity contribution in [1.29, 1.82) is 0 Å². The second-order valence-electron chi connectivity index (χ2n) is 6.25. The van der Waals surface area contributed by atoms with E-state index in [1.807, 2.05) is 0 Å². The van der Waals surface area contributed by atoms with Crippen molar-refractivity contribution in [2.45, 2.75) is 43.2 Å². The molecule has 23 heavy (non-hydrogen) atoms. The molecule has 0 amide bonds. The van der Waals surface area contributed by atoms with E-state index in [1.54, 1.807) is 25.1 Å². The van der Waals surface area contributed by atoms with Crippen LogP contribution in [0, 0.1) is 6.92 Å². The topological polar surface area (TPSA) is 80.8 Å². The lowest BCUT2D eigenvalue weighted by atomic mass is 10.2. The Hall–Kier alpha value is -1.12. The summed E-state index contributed by atoms with van der Waals surface area (Å²) in [6.07, 6.45) is 1.98. The Morgan fingerprint density at radius 1 is 1.17 bits per heavy atom. The Labute approximate surface area is 137 Å². The molecule has 6 nitrogen and oxygen atoms in total. The molecule has 0 unspecified atom stereocenters. The zero-order chi connectivity index (χ0) is 16.8. The highest BCUT2D eigenvalue weighted by Gasteiger charge is 2.46. The van der Waals surface area contributed by atoms with E-state index in [0.717, 1.165) is 12.8 Å². The molecule has 3 rings (SSSR count). The Morgan fingerprint density at radius 2 is 1.87 bits per heavy atom. The van der Waals surface area contributed by atoms with Crippen LogP contribution >= 0.6 is 0 Å². The minimum atomic E-state index is -3.71. The molecule has 1 heterocycles. The fourth-order valence-electron chi connectivity index (χ4n) is 3.15. The molecule has 1 aliphatic carbocycles. The van der Waals surface area contributed by atoms with E-state index >= 15 is 0 Å². The monoisotopic (exact) mass is 359 g/mol. The van der Waals surface area contributed by atoms with Crippen LogP contribution in [0.15, 0.2) is 23.1 Å². The lowest BCUT2D eigenvalue weighted by Gasteiger charge is -2.28. The van der Waals surface area contributed by atoms with Gasteiger partial charge in [0.05, 0.1) is 23.5 Å². The van der Waals surface area contributed by atoms with E-state index < -0.39 is 25.9 Å². The minimum Gasteiger partial charge on any atom is -0.497 e. The van der Waals surface area contributed by atoms with Crippen molar-refractivity contribution in [2.24, 2.45) is 0 Å². The van der Waals surface area contributed by atoms with Gasteiger partial charge in [-0.3, -0.25) is 0 Å². The summed E-state index contributed by atoms with van der Waals surface area (Å²) in [5.41, 5.74) is 0.607. The van der Waals surface area contributed by atoms with E-state index in [1.165, 1.54) is 11.4 Å². The second kappa shape index (κ2) is 5.75. The SMILES string of the molecule is COc1ccc(S(=O)(=O)N(C2CC2)[C@H]2CCS(=O)(=O)C2)c(C)c1. The number of benzene rings is 1. The number of aryl methyl sites for hydroxylation is 1. The Morgan fingerprint density at radius 3 is 2.35 bits per heavy atom. The fourth-order valence-corrected chi connectivity index (χ4v) is 7.06. The first-order chi connectivity index (χ1) is 10.7. The number of sulfonamides is 1. The quantitative estimate of drug-likeness (QED) is 0.793. The predicted octanol–water partition coefficient (Wildman–Crippen LogP) is 1.34. The molecule has 0 N–H and O–H groups in total. The molecule has 2 aliphatic rings. The van der Waals surface area contributed by atoms with Crippen molar-refractivity contribution < 1.29 is 21.6 Å². The summed E-state index contributed by atoms with van der Waals surface area (Å²) in [6, 6.07) is 4.33. The third-order valence-corrected chi connectivity index (χ3v) is 8.33. The average molecular weight is 359 g/mol. The predicted molar refractivity (Wildman–Crippen MR) is 86.8 cm³/mol. The van der Waals surface area contributed by atoms with Gasteiger partial charge in [-0.1, -0.05) is 0 Å². The summed E-state index contributed by atoms with van der Waals surface area (Å²) in [5, 5.41) is 0. The van der Waals surface area contributed by atoms with Crippen LogP contribution in [0.4, 0.5) is 0 Å². The van der Waals surface area contributed by atoms with Crippen molar-refractivity contribution in [3.8, 4) is 5.75 Å². The highest BCUT2D eigenvalue weighted by molar-refractivity contribution is 7.92. The van der Waals surface area contributed by atoms with Crippen molar-refractivity contribution >= 4 is 19.9 Å². The third-order valence-electron chi connectivity index (χ3n) is 4.41. The highest BCUT2D eigenvalue weighted by Crippen LogP contribution is 2.38. The summed E-state index contributed by atoms with van der Waals surface area (Å²) in [4.78, 5) is 0.231. The molecule has 8 heteroatoms. The fraction of sp³-hybridized carbons (Fsp3) is 0.600. The van der Waals surface area contributed by atoms with Crippen LogP contribution in [0.25, 0.3) is 0 Å². The van der Waals surface area contributed by atoms with Gasteiger partial charge in [-0.2, -0.15) is 4.31 Å². The molecular weight excluding hydrogens is 338 g/mol. The minimum absolute atomic E-state index is 0.0675. The Bertz CT molecular complexity index is 812. The van der Waals surface area contributed by atoms with Crippen LogP contribution in [-0.4, -0.2) is 51.8 Å². The van der Waals surface area contributed by atoms with Crippen molar-refractivity contribution in [3.05, 3.63) is 23.8 Å². The van der Waals surface area contributed by atoms with Crippen LogP contribution in [0.5, 0.6) is 5.75 Å². The highest BCUT2D eigenvalue weighted by atomic mass is 32.2. The maximum Gasteiger partial charge on any atom is 0.243 e. The van der Waals surface area contributed by atoms with Gasteiger partial charge in [-0.25, -0.2) is 16.8 Å². The van der Waals surface area contributed by atoms with Crippen LogP contribution < -0.4 is 4.74 Å². The molecule has 0 bridgehead atoms.